The molecule has 0 fully saturated rings. The van der Waals surface area contributed by atoms with Crippen LogP contribution in [0.5, 0.6) is 5.75 Å². The number of carboxylic acid groups (broad SMARTS) is 1. The number of carbonyl (C=O) groups excluding carboxylic acids is 1. The number of anilines is 1. The molecule has 0 atom stereocenters. The molecule has 1 aliphatic heterocycles. The van der Waals surface area contributed by atoms with Gasteiger partial charge in [0.15, 0.2) is 6.61 Å². The normalized spacial score (nSPS) is 14.5. The van der Waals surface area contributed by atoms with Gasteiger partial charge in [0.1, 0.15) is 11.4 Å². The van der Waals surface area contributed by atoms with Gasteiger partial charge in [0.2, 0.25) is 0 Å². The predicted molar refractivity (Wildman–Crippen MR) is 61.5 cm³/mol. The maximum Gasteiger partial charge on any atom is 0.337 e. The summed E-state index contributed by atoms with van der Waals surface area (Å²) < 4.78 is 5.25. The minimum Gasteiger partial charge on any atom is -0.482 e. The first kappa shape index (κ1) is 11.4. The summed E-state index contributed by atoms with van der Waals surface area (Å²) in [6.07, 6.45) is 0. The van der Waals surface area contributed by atoms with Crippen molar-refractivity contribution in [1.29, 1.82) is 0 Å². The molecule has 0 spiro atoms. The van der Waals surface area contributed by atoms with Crippen molar-refractivity contribution >= 4 is 17.6 Å². The Labute approximate surface area is 98.6 Å². The fourth-order valence-electron chi connectivity index (χ4n) is 1.94. The van der Waals surface area contributed by atoms with Crippen molar-refractivity contribution in [2.45, 2.75) is 19.9 Å². The second kappa shape index (κ2) is 4.08. The van der Waals surface area contributed by atoms with E-state index < -0.39 is 5.97 Å². The average Bonchev–Trinajstić information content (AvgIpc) is 2.27. The molecule has 2 rings (SSSR count). The van der Waals surface area contributed by atoms with Crippen molar-refractivity contribution < 1.29 is 19.4 Å². The predicted octanol–water partition coefficient (Wildman–Crippen LogP) is 1.52. The van der Waals surface area contributed by atoms with Crippen LogP contribution < -0.4 is 9.64 Å². The number of amides is 1. The molecular weight excluding hydrogens is 222 g/mol. The molecule has 0 saturated carbocycles. The van der Waals surface area contributed by atoms with Crippen molar-refractivity contribution in [2.24, 2.45) is 0 Å². The summed E-state index contributed by atoms with van der Waals surface area (Å²) >= 11 is 0. The highest BCUT2D eigenvalue weighted by molar-refractivity contribution is 6.05. The number of aromatic carboxylic acids is 1. The Kier molecular flexibility index (Phi) is 2.75. The molecule has 0 bridgehead atoms. The van der Waals surface area contributed by atoms with Crippen molar-refractivity contribution in [3.8, 4) is 5.75 Å². The summed E-state index contributed by atoms with van der Waals surface area (Å²) in [5.41, 5.74) is 0.440. The first-order valence-electron chi connectivity index (χ1n) is 5.33. The van der Waals surface area contributed by atoms with Crippen LogP contribution in [-0.2, 0) is 4.79 Å². The zero-order valence-corrected chi connectivity index (χ0v) is 9.64. The fourth-order valence-corrected chi connectivity index (χ4v) is 1.94. The van der Waals surface area contributed by atoms with Gasteiger partial charge in [-0.2, -0.15) is 0 Å². The molecule has 1 heterocycles. The van der Waals surface area contributed by atoms with Gasteiger partial charge in [0, 0.05) is 6.04 Å². The summed E-state index contributed by atoms with van der Waals surface area (Å²) in [5, 5.41) is 9.13. The Morgan fingerprint density at radius 1 is 1.47 bits per heavy atom. The van der Waals surface area contributed by atoms with Crippen molar-refractivity contribution in [2.75, 3.05) is 11.5 Å². The van der Waals surface area contributed by atoms with Crippen LogP contribution in [0.1, 0.15) is 24.2 Å². The number of carboxylic acids is 1. The van der Waals surface area contributed by atoms with Crippen LogP contribution in [0, 0.1) is 0 Å². The van der Waals surface area contributed by atoms with E-state index in [-0.39, 0.29) is 24.1 Å². The number of carbonyl (C=O) groups is 2. The van der Waals surface area contributed by atoms with Gasteiger partial charge < -0.3 is 14.7 Å². The molecule has 1 aromatic rings. The van der Waals surface area contributed by atoms with Crippen LogP contribution in [-0.4, -0.2) is 29.6 Å². The lowest BCUT2D eigenvalue weighted by atomic mass is 10.1. The van der Waals surface area contributed by atoms with Crippen molar-refractivity contribution in [3.05, 3.63) is 23.8 Å². The van der Waals surface area contributed by atoms with Gasteiger partial charge >= 0.3 is 5.97 Å². The van der Waals surface area contributed by atoms with E-state index in [4.69, 9.17) is 9.84 Å². The van der Waals surface area contributed by atoms with Crippen LogP contribution in [0.2, 0.25) is 0 Å². The molecule has 5 nitrogen and oxygen atoms in total. The zero-order valence-electron chi connectivity index (χ0n) is 9.64. The third-order valence-corrected chi connectivity index (χ3v) is 2.61. The lowest BCUT2D eigenvalue weighted by molar-refractivity contribution is -0.121. The number of fused-ring (bicyclic) bond motifs is 1. The summed E-state index contributed by atoms with van der Waals surface area (Å²) in [7, 11) is 0. The Hall–Kier alpha value is -2.04. The van der Waals surface area contributed by atoms with Crippen molar-refractivity contribution in [1.82, 2.24) is 0 Å². The molecule has 0 unspecified atom stereocenters. The number of benzene rings is 1. The largest absolute Gasteiger partial charge is 0.482 e. The van der Waals surface area contributed by atoms with E-state index >= 15 is 0 Å². The number of ether oxygens (including phenoxy) is 1. The van der Waals surface area contributed by atoms with Crippen LogP contribution in [0.4, 0.5) is 5.69 Å². The van der Waals surface area contributed by atoms with E-state index in [1.54, 1.807) is 12.1 Å². The standard InChI is InChI=1S/C12H13NO4/c1-7(2)13-10(14)6-17-9-5-3-4-8(11(9)13)12(15)16/h3-5,7H,6H2,1-2H3,(H,15,16). The lowest BCUT2D eigenvalue weighted by Gasteiger charge is -2.33. The molecule has 1 amide bonds. The fraction of sp³-hybridized carbons (Fsp3) is 0.333. The van der Waals surface area contributed by atoms with Gasteiger partial charge in [-0.05, 0) is 26.0 Å². The van der Waals surface area contributed by atoms with Gasteiger partial charge in [-0.3, -0.25) is 4.79 Å². The van der Waals surface area contributed by atoms with E-state index in [2.05, 4.69) is 0 Å². The smallest absolute Gasteiger partial charge is 0.337 e. The third kappa shape index (κ3) is 1.84. The molecule has 1 N–H and O–H groups in total. The Morgan fingerprint density at radius 3 is 2.76 bits per heavy atom. The summed E-state index contributed by atoms with van der Waals surface area (Å²) in [6.45, 7) is 3.63. The highest BCUT2D eigenvalue weighted by atomic mass is 16.5. The molecule has 0 saturated heterocycles. The number of rotatable bonds is 2. The Balaban J connectivity index is 2.63. The second-order valence-corrected chi connectivity index (χ2v) is 4.10. The highest BCUT2D eigenvalue weighted by Gasteiger charge is 2.31. The van der Waals surface area contributed by atoms with Gasteiger partial charge in [-0.1, -0.05) is 6.07 Å². The Bertz CT molecular complexity index is 481. The zero-order chi connectivity index (χ0) is 12.6. The van der Waals surface area contributed by atoms with E-state index in [0.717, 1.165) is 0 Å². The summed E-state index contributed by atoms with van der Waals surface area (Å²) in [4.78, 5) is 24.4. The first-order valence-corrected chi connectivity index (χ1v) is 5.33. The topological polar surface area (TPSA) is 66.8 Å². The van der Waals surface area contributed by atoms with Crippen LogP contribution in [0.3, 0.4) is 0 Å². The van der Waals surface area contributed by atoms with Crippen molar-refractivity contribution in [3.63, 3.8) is 0 Å². The van der Waals surface area contributed by atoms with Crippen LogP contribution in [0.25, 0.3) is 0 Å². The molecule has 0 aliphatic carbocycles. The summed E-state index contributed by atoms with van der Waals surface area (Å²) in [5.74, 6) is -0.842. The quantitative estimate of drug-likeness (QED) is 0.843. The van der Waals surface area contributed by atoms with Gasteiger partial charge in [0.05, 0.1) is 5.56 Å². The van der Waals surface area contributed by atoms with Gasteiger partial charge in [0.25, 0.3) is 5.91 Å². The Morgan fingerprint density at radius 2 is 2.18 bits per heavy atom. The molecule has 5 heteroatoms. The first-order chi connectivity index (χ1) is 8.02. The monoisotopic (exact) mass is 235 g/mol. The van der Waals surface area contributed by atoms with E-state index in [1.807, 2.05) is 13.8 Å². The number of hydrogen-bond acceptors (Lipinski definition) is 3. The average molecular weight is 235 g/mol. The number of nitrogens with zero attached hydrogens (tertiary/aromatic N) is 1. The molecule has 90 valence electrons. The highest BCUT2D eigenvalue weighted by Crippen LogP contribution is 2.36. The molecule has 17 heavy (non-hydrogen) atoms. The lowest BCUT2D eigenvalue weighted by Crippen LogP contribution is -2.44. The SMILES string of the molecule is CC(C)N1C(=O)COc2cccc(C(=O)O)c21. The minimum atomic E-state index is -1.06. The maximum absolute atomic E-state index is 11.8. The van der Waals surface area contributed by atoms with E-state index in [0.29, 0.717) is 11.4 Å². The molecular formula is C12H13NO4. The van der Waals surface area contributed by atoms with E-state index in [9.17, 15) is 9.59 Å². The third-order valence-electron chi connectivity index (χ3n) is 2.61. The van der Waals surface area contributed by atoms with Crippen LogP contribution >= 0.6 is 0 Å². The number of hydrogen-bond donors (Lipinski definition) is 1. The maximum atomic E-state index is 11.8. The minimum absolute atomic E-state index is 0.0474. The molecule has 0 aromatic heterocycles. The number of para-hydroxylation sites is 1. The second-order valence-electron chi connectivity index (χ2n) is 4.10. The molecule has 1 aliphatic rings. The van der Waals surface area contributed by atoms with E-state index in [1.165, 1.54) is 11.0 Å². The molecule has 0 radical (unpaired) electrons. The van der Waals surface area contributed by atoms with Gasteiger partial charge in [-0.15, -0.1) is 0 Å². The molecule has 1 aromatic carbocycles. The summed E-state index contributed by atoms with van der Waals surface area (Å²) in [6, 6.07) is 4.64. The van der Waals surface area contributed by atoms with Gasteiger partial charge in [-0.25, -0.2) is 4.79 Å². The van der Waals surface area contributed by atoms with Crippen LogP contribution in [0.15, 0.2) is 18.2 Å².